The van der Waals surface area contributed by atoms with E-state index in [-0.39, 0.29) is 11.5 Å². The highest BCUT2D eigenvalue weighted by atomic mass is 19.1. The van der Waals surface area contributed by atoms with Gasteiger partial charge >= 0.3 is 0 Å². The van der Waals surface area contributed by atoms with E-state index in [2.05, 4.69) is 9.88 Å². The number of fused-ring (bicyclic) bond motifs is 1. The monoisotopic (exact) mass is 420 g/mol. The van der Waals surface area contributed by atoms with Gasteiger partial charge in [0.05, 0.1) is 30.0 Å². The lowest BCUT2D eigenvalue weighted by Gasteiger charge is -2.29. The molecule has 2 aliphatic heterocycles. The summed E-state index contributed by atoms with van der Waals surface area (Å²) in [5.74, 6) is -0.244. The van der Waals surface area contributed by atoms with E-state index in [1.165, 1.54) is 6.07 Å². The Balaban J connectivity index is 1.58. The molecule has 7 heteroatoms. The summed E-state index contributed by atoms with van der Waals surface area (Å²) in [6, 6.07) is 12.5. The van der Waals surface area contributed by atoms with Crippen molar-refractivity contribution in [2.24, 2.45) is 0 Å². The molecule has 2 N–H and O–H groups in total. The zero-order valence-electron chi connectivity index (χ0n) is 17.3. The summed E-state index contributed by atoms with van der Waals surface area (Å²) in [4.78, 5) is 21.5. The molecular formula is C24H25FN4O2. The largest absolute Gasteiger partial charge is 0.382 e. The first-order chi connectivity index (χ1) is 15.1. The number of ether oxygens (including phenoxy) is 1. The van der Waals surface area contributed by atoms with E-state index in [4.69, 9.17) is 10.5 Å². The van der Waals surface area contributed by atoms with Gasteiger partial charge in [0.1, 0.15) is 11.6 Å². The molecule has 1 amide bonds. The maximum Gasteiger partial charge on any atom is 0.257 e. The van der Waals surface area contributed by atoms with Crippen LogP contribution < -0.4 is 10.6 Å². The van der Waals surface area contributed by atoms with E-state index >= 15 is 0 Å². The molecule has 2 saturated heterocycles. The number of rotatable bonds is 3. The topological polar surface area (TPSA) is 71.7 Å². The van der Waals surface area contributed by atoms with Crippen LogP contribution in [0.5, 0.6) is 0 Å². The molecule has 160 valence electrons. The number of pyridine rings is 1. The predicted molar refractivity (Wildman–Crippen MR) is 120 cm³/mol. The number of nitrogens with two attached hydrogens (primary N) is 1. The molecule has 0 spiro atoms. The zero-order valence-corrected chi connectivity index (χ0v) is 17.3. The number of hydrogen-bond donors (Lipinski definition) is 1. The number of nitrogens with zero attached hydrogens (tertiary/aromatic N) is 3. The van der Waals surface area contributed by atoms with Gasteiger partial charge in [0.2, 0.25) is 0 Å². The van der Waals surface area contributed by atoms with Gasteiger partial charge in [-0.25, -0.2) is 9.37 Å². The Kier molecular flexibility index (Phi) is 5.19. The summed E-state index contributed by atoms with van der Waals surface area (Å²) < 4.78 is 20.3. The number of hydrogen-bond acceptors (Lipinski definition) is 5. The summed E-state index contributed by atoms with van der Waals surface area (Å²) in [6.45, 7) is 4.18. The average Bonchev–Trinajstić information content (AvgIpc) is 3.33. The molecule has 2 aromatic carbocycles. The predicted octanol–water partition coefficient (Wildman–Crippen LogP) is 3.70. The van der Waals surface area contributed by atoms with Gasteiger partial charge in [0.15, 0.2) is 0 Å². The first kappa shape index (κ1) is 19.8. The summed E-state index contributed by atoms with van der Waals surface area (Å²) >= 11 is 0. The van der Waals surface area contributed by atoms with Crippen LogP contribution in [0.25, 0.3) is 22.0 Å². The van der Waals surface area contributed by atoms with Crippen molar-refractivity contribution in [3.8, 4) is 11.1 Å². The molecule has 0 atom stereocenters. The van der Waals surface area contributed by atoms with Crippen LogP contribution in [0.4, 0.5) is 15.9 Å². The Morgan fingerprint density at radius 2 is 1.81 bits per heavy atom. The number of aromatic nitrogens is 1. The van der Waals surface area contributed by atoms with Gasteiger partial charge in [-0.3, -0.25) is 4.79 Å². The fraction of sp³-hybridized carbons (Fsp3) is 0.333. The fourth-order valence-corrected chi connectivity index (χ4v) is 4.47. The molecule has 2 aliphatic rings. The molecule has 3 aromatic rings. The lowest BCUT2D eigenvalue weighted by molar-refractivity contribution is 0.0789. The molecule has 3 heterocycles. The van der Waals surface area contributed by atoms with Crippen LogP contribution in [0.2, 0.25) is 0 Å². The van der Waals surface area contributed by atoms with E-state index in [0.717, 1.165) is 48.1 Å². The Bertz CT molecular complexity index is 1140. The van der Waals surface area contributed by atoms with Crippen molar-refractivity contribution in [2.45, 2.75) is 12.8 Å². The van der Waals surface area contributed by atoms with Crippen LogP contribution in [0, 0.1) is 5.82 Å². The number of halogens is 1. The minimum atomic E-state index is -0.487. The maximum atomic E-state index is 14.8. The molecule has 0 bridgehead atoms. The number of morpholine rings is 1. The lowest BCUT2D eigenvalue weighted by Crippen LogP contribution is -2.36. The van der Waals surface area contributed by atoms with Crippen LogP contribution >= 0.6 is 0 Å². The minimum Gasteiger partial charge on any atom is -0.382 e. The van der Waals surface area contributed by atoms with Gasteiger partial charge in [0.25, 0.3) is 5.91 Å². The number of anilines is 2. The minimum absolute atomic E-state index is 0.139. The van der Waals surface area contributed by atoms with Crippen molar-refractivity contribution < 1.29 is 13.9 Å². The standard InChI is InChI=1S/C24H25FN4O2/c25-19-5-3-4-18(22(19)24(30)29-8-1-2-9-29)16-6-7-20-17(14-16)15-21(23(26)27-20)28-10-12-31-13-11-28/h3-7,14-15H,1-2,8-13H2,(H2,26,27). The highest BCUT2D eigenvalue weighted by molar-refractivity contribution is 6.02. The highest BCUT2D eigenvalue weighted by Gasteiger charge is 2.25. The Labute approximate surface area is 180 Å². The molecule has 0 saturated carbocycles. The molecule has 1 aromatic heterocycles. The Hall–Kier alpha value is -3.19. The smallest absolute Gasteiger partial charge is 0.257 e. The van der Waals surface area contributed by atoms with Crippen LogP contribution in [0.15, 0.2) is 42.5 Å². The highest BCUT2D eigenvalue weighted by Crippen LogP contribution is 2.33. The second-order valence-corrected chi connectivity index (χ2v) is 8.06. The number of amides is 1. The van der Waals surface area contributed by atoms with Crippen LogP contribution in [-0.4, -0.2) is 55.2 Å². The van der Waals surface area contributed by atoms with Gasteiger partial charge in [-0.1, -0.05) is 18.2 Å². The fourth-order valence-electron chi connectivity index (χ4n) is 4.47. The number of nitrogen functional groups attached to an aromatic ring is 1. The van der Waals surface area contributed by atoms with Crippen molar-refractivity contribution >= 4 is 28.3 Å². The number of likely N-dealkylation sites (tertiary alicyclic amines) is 1. The van der Waals surface area contributed by atoms with Gasteiger partial charge < -0.3 is 20.3 Å². The molecule has 5 rings (SSSR count). The van der Waals surface area contributed by atoms with Gasteiger partial charge in [-0.2, -0.15) is 0 Å². The second kappa shape index (κ2) is 8.15. The van der Waals surface area contributed by atoms with E-state index in [0.29, 0.717) is 37.7 Å². The molecule has 2 fully saturated rings. The number of carbonyl (C=O) groups excluding carboxylic acids is 1. The van der Waals surface area contributed by atoms with Gasteiger partial charge in [-0.05, 0) is 48.2 Å². The summed E-state index contributed by atoms with van der Waals surface area (Å²) in [5, 5.41) is 0.900. The first-order valence-electron chi connectivity index (χ1n) is 10.7. The van der Waals surface area contributed by atoms with Crippen LogP contribution in [0.3, 0.4) is 0 Å². The van der Waals surface area contributed by atoms with E-state index in [1.807, 2.05) is 24.3 Å². The molecule has 0 unspecified atom stereocenters. The van der Waals surface area contributed by atoms with Crippen molar-refractivity contribution in [1.29, 1.82) is 0 Å². The van der Waals surface area contributed by atoms with E-state index in [9.17, 15) is 9.18 Å². The third-order valence-electron chi connectivity index (χ3n) is 6.11. The molecule has 6 nitrogen and oxygen atoms in total. The zero-order chi connectivity index (χ0) is 21.4. The molecular weight excluding hydrogens is 395 g/mol. The summed E-state index contributed by atoms with van der Waals surface area (Å²) in [5.41, 5.74) is 9.39. The van der Waals surface area contributed by atoms with Gasteiger partial charge in [0, 0.05) is 31.6 Å². The van der Waals surface area contributed by atoms with Crippen LogP contribution in [0.1, 0.15) is 23.2 Å². The van der Waals surface area contributed by atoms with Gasteiger partial charge in [-0.15, -0.1) is 0 Å². The summed E-state index contributed by atoms with van der Waals surface area (Å²) in [7, 11) is 0. The summed E-state index contributed by atoms with van der Waals surface area (Å²) in [6.07, 6.45) is 1.92. The van der Waals surface area contributed by atoms with E-state index < -0.39 is 5.82 Å². The van der Waals surface area contributed by atoms with Crippen molar-refractivity contribution in [3.63, 3.8) is 0 Å². The molecule has 0 radical (unpaired) electrons. The third-order valence-corrected chi connectivity index (χ3v) is 6.11. The first-order valence-corrected chi connectivity index (χ1v) is 10.7. The number of benzene rings is 2. The van der Waals surface area contributed by atoms with Crippen molar-refractivity contribution in [2.75, 3.05) is 50.0 Å². The van der Waals surface area contributed by atoms with E-state index in [1.54, 1.807) is 17.0 Å². The quantitative estimate of drug-likeness (QED) is 0.700. The van der Waals surface area contributed by atoms with Crippen LogP contribution in [-0.2, 0) is 4.74 Å². The maximum absolute atomic E-state index is 14.8. The Morgan fingerprint density at radius 1 is 1.03 bits per heavy atom. The molecule has 0 aliphatic carbocycles. The normalized spacial score (nSPS) is 16.8. The molecule has 31 heavy (non-hydrogen) atoms. The third kappa shape index (κ3) is 3.70. The van der Waals surface area contributed by atoms with Crippen molar-refractivity contribution in [3.05, 3.63) is 53.8 Å². The average molecular weight is 420 g/mol. The second-order valence-electron chi connectivity index (χ2n) is 8.06. The SMILES string of the molecule is Nc1nc2ccc(-c3cccc(F)c3C(=O)N3CCCC3)cc2cc1N1CCOCC1. The van der Waals surface area contributed by atoms with Crippen molar-refractivity contribution in [1.82, 2.24) is 9.88 Å². The lowest BCUT2D eigenvalue weighted by atomic mass is 9.96. The number of carbonyl (C=O) groups is 1. The Morgan fingerprint density at radius 3 is 2.58 bits per heavy atom.